The Bertz CT molecular complexity index is 531. The van der Waals surface area contributed by atoms with Gasteiger partial charge in [0.1, 0.15) is 10.7 Å². The average Bonchev–Trinajstić information content (AvgIpc) is 3.05. The van der Waals surface area contributed by atoms with Gasteiger partial charge in [0.15, 0.2) is 0 Å². The molecule has 1 atom stereocenters. The normalized spacial score (nSPS) is 11.2. The molecule has 20 heavy (non-hydrogen) atoms. The van der Waals surface area contributed by atoms with Crippen molar-refractivity contribution in [3.63, 3.8) is 0 Å². The number of rotatable bonds is 4. The fraction of sp³-hybridized carbons (Fsp3) is 0.333. The minimum absolute atomic E-state index is 0. The first kappa shape index (κ1) is 19.3. The lowest BCUT2D eigenvalue weighted by Gasteiger charge is -2.22. The molecular weight excluding hydrogens is 337 g/mol. The van der Waals surface area contributed by atoms with E-state index in [9.17, 15) is 4.79 Å². The molecule has 0 fully saturated rings. The third-order valence-electron chi connectivity index (χ3n) is 2.78. The lowest BCUT2D eigenvalue weighted by Crippen LogP contribution is -2.39. The number of thiazole rings is 1. The first-order chi connectivity index (χ1) is 8.63. The summed E-state index contributed by atoms with van der Waals surface area (Å²) >= 11 is 3.12. The fourth-order valence-corrected chi connectivity index (χ4v) is 3.03. The molecule has 0 spiro atoms. The zero-order valence-corrected chi connectivity index (χ0v) is 14.4. The second-order valence-corrected chi connectivity index (χ2v) is 5.82. The van der Waals surface area contributed by atoms with E-state index in [1.54, 1.807) is 28.7 Å². The Labute approximate surface area is 138 Å². The minimum atomic E-state index is -0.0768. The maximum atomic E-state index is 12.1. The van der Waals surface area contributed by atoms with Crippen LogP contribution in [0.5, 0.6) is 0 Å². The number of hydrogen-bond acceptors (Lipinski definition) is 5. The highest BCUT2D eigenvalue weighted by molar-refractivity contribution is 7.20. The van der Waals surface area contributed by atoms with E-state index in [4.69, 9.17) is 5.73 Å². The van der Waals surface area contributed by atoms with Gasteiger partial charge in [-0.3, -0.25) is 4.79 Å². The van der Waals surface area contributed by atoms with Gasteiger partial charge in [-0.2, -0.15) is 0 Å². The number of halogens is 2. The molecule has 0 bridgehead atoms. The van der Waals surface area contributed by atoms with Crippen LogP contribution in [0.25, 0.3) is 9.88 Å². The summed E-state index contributed by atoms with van der Waals surface area (Å²) in [6.45, 7) is 2.37. The number of hydrogen-bond donors (Lipinski definition) is 1. The second kappa shape index (κ2) is 8.59. The van der Waals surface area contributed by atoms with Gasteiger partial charge in [0.2, 0.25) is 0 Å². The molecule has 1 amide bonds. The van der Waals surface area contributed by atoms with Crippen LogP contribution in [0, 0.1) is 0 Å². The molecule has 0 radical (unpaired) electrons. The van der Waals surface area contributed by atoms with Gasteiger partial charge in [0.25, 0.3) is 5.91 Å². The number of nitrogens with two attached hydrogens (primary N) is 1. The summed E-state index contributed by atoms with van der Waals surface area (Å²) in [5, 5.41) is 4.69. The Morgan fingerprint density at radius 3 is 2.70 bits per heavy atom. The van der Waals surface area contributed by atoms with Crippen LogP contribution in [0.4, 0.5) is 0 Å². The van der Waals surface area contributed by atoms with Crippen molar-refractivity contribution < 1.29 is 4.79 Å². The van der Waals surface area contributed by atoms with E-state index in [-0.39, 0.29) is 36.8 Å². The summed E-state index contributed by atoms with van der Waals surface area (Å²) in [5.74, 6) is -0.0768. The molecule has 0 aliphatic heterocycles. The lowest BCUT2D eigenvalue weighted by molar-refractivity contribution is 0.0743. The highest BCUT2D eigenvalue weighted by atomic mass is 35.5. The Hall–Kier alpha value is -0.660. The van der Waals surface area contributed by atoms with Crippen molar-refractivity contribution in [3.05, 3.63) is 28.6 Å². The molecule has 0 saturated heterocycles. The van der Waals surface area contributed by atoms with E-state index in [0.29, 0.717) is 12.2 Å². The SMILES string of the molecule is CC(CN)N(C)C(=O)c1csc(-c2cccs2)n1.Cl.Cl. The van der Waals surface area contributed by atoms with E-state index in [2.05, 4.69) is 4.98 Å². The number of likely N-dealkylation sites (N-methyl/N-ethyl adjacent to an activating group) is 1. The number of nitrogens with zero attached hydrogens (tertiary/aromatic N) is 2. The van der Waals surface area contributed by atoms with Crippen molar-refractivity contribution in [3.8, 4) is 9.88 Å². The number of carbonyl (C=O) groups is 1. The van der Waals surface area contributed by atoms with Gasteiger partial charge in [-0.15, -0.1) is 47.5 Å². The number of aromatic nitrogens is 1. The third-order valence-corrected chi connectivity index (χ3v) is 4.66. The van der Waals surface area contributed by atoms with Gasteiger partial charge in [0.05, 0.1) is 4.88 Å². The molecule has 0 saturated carbocycles. The quantitative estimate of drug-likeness (QED) is 0.918. The van der Waals surface area contributed by atoms with E-state index < -0.39 is 0 Å². The molecule has 0 aliphatic rings. The summed E-state index contributed by atoms with van der Waals surface area (Å²) in [7, 11) is 1.75. The zero-order chi connectivity index (χ0) is 13.1. The van der Waals surface area contributed by atoms with Crippen LogP contribution in [-0.2, 0) is 0 Å². The second-order valence-electron chi connectivity index (χ2n) is 4.02. The summed E-state index contributed by atoms with van der Waals surface area (Å²) in [6.07, 6.45) is 0. The van der Waals surface area contributed by atoms with Crippen molar-refractivity contribution in [1.29, 1.82) is 0 Å². The van der Waals surface area contributed by atoms with Gasteiger partial charge in [-0.05, 0) is 18.4 Å². The fourth-order valence-electron chi connectivity index (χ4n) is 1.42. The topological polar surface area (TPSA) is 59.2 Å². The standard InChI is InChI=1S/C12H15N3OS2.2ClH/c1-8(6-13)15(2)12(16)9-7-18-11(14-9)10-4-3-5-17-10;;/h3-5,7-8H,6,13H2,1-2H3;2*1H. The molecular formula is C12H17Cl2N3OS2. The Balaban J connectivity index is 0.00000180. The molecule has 0 aliphatic carbocycles. The molecule has 4 nitrogen and oxygen atoms in total. The van der Waals surface area contributed by atoms with E-state index in [1.807, 2.05) is 24.4 Å². The summed E-state index contributed by atoms with van der Waals surface area (Å²) in [5.41, 5.74) is 6.05. The van der Waals surface area contributed by atoms with Crippen LogP contribution in [0.3, 0.4) is 0 Å². The molecule has 1 unspecified atom stereocenters. The van der Waals surface area contributed by atoms with Crippen molar-refractivity contribution in [2.24, 2.45) is 5.73 Å². The van der Waals surface area contributed by atoms with E-state index in [1.165, 1.54) is 11.3 Å². The third kappa shape index (κ3) is 4.17. The van der Waals surface area contributed by atoms with Gasteiger partial charge in [-0.25, -0.2) is 4.98 Å². The lowest BCUT2D eigenvalue weighted by atomic mass is 10.3. The van der Waals surface area contributed by atoms with Gasteiger partial charge < -0.3 is 10.6 Å². The summed E-state index contributed by atoms with van der Waals surface area (Å²) in [6, 6.07) is 4.00. The van der Waals surface area contributed by atoms with Gasteiger partial charge >= 0.3 is 0 Å². The molecule has 2 aromatic heterocycles. The van der Waals surface area contributed by atoms with Crippen LogP contribution in [0.2, 0.25) is 0 Å². The van der Waals surface area contributed by atoms with Crippen LogP contribution >= 0.6 is 47.5 Å². The Morgan fingerprint density at radius 1 is 1.45 bits per heavy atom. The molecule has 2 N–H and O–H groups in total. The molecule has 0 aromatic carbocycles. The Morgan fingerprint density at radius 2 is 2.15 bits per heavy atom. The van der Waals surface area contributed by atoms with Gasteiger partial charge in [0, 0.05) is 25.0 Å². The first-order valence-electron chi connectivity index (χ1n) is 5.60. The molecule has 2 rings (SSSR count). The molecule has 112 valence electrons. The van der Waals surface area contributed by atoms with Crippen LogP contribution in [0.1, 0.15) is 17.4 Å². The van der Waals surface area contributed by atoms with E-state index >= 15 is 0 Å². The largest absolute Gasteiger partial charge is 0.336 e. The maximum absolute atomic E-state index is 12.1. The average molecular weight is 354 g/mol. The van der Waals surface area contributed by atoms with Crippen LogP contribution in [-0.4, -0.2) is 35.4 Å². The summed E-state index contributed by atoms with van der Waals surface area (Å²) in [4.78, 5) is 19.3. The molecule has 2 heterocycles. The number of carbonyl (C=O) groups excluding carboxylic acids is 1. The van der Waals surface area contributed by atoms with Crippen molar-refractivity contribution in [2.45, 2.75) is 13.0 Å². The van der Waals surface area contributed by atoms with Crippen LogP contribution < -0.4 is 5.73 Å². The predicted molar refractivity (Wildman–Crippen MR) is 90.5 cm³/mol. The molecule has 2 aromatic rings. The van der Waals surface area contributed by atoms with E-state index in [0.717, 1.165) is 9.88 Å². The first-order valence-corrected chi connectivity index (χ1v) is 7.36. The van der Waals surface area contributed by atoms with Crippen molar-refractivity contribution in [2.75, 3.05) is 13.6 Å². The Kier molecular flexibility index (Phi) is 8.30. The monoisotopic (exact) mass is 353 g/mol. The van der Waals surface area contributed by atoms with Crippen molar-refractivity contribution in [1.82, 2.24) is 9.88 Å². The maximum Gasteiger partial charge on any atom is 0.273 e. The van der Waals surface area contributed by atoms with Gasteiger partial charge in [-0.1, -0.05) is 6.07 Å². The van der Waals surface area contributed by atoms with Crippen molar-refractivity contribution >= 4 is 53.4 Å². The number of thiophene rings is 1. The van der Waals surface area contributed by atoms with Crippen LogP contribution in [0.15, 0.2) is 22.9 Å². The predicted octanol–water partition coefficient (Wildman–Crippen LogP) is 3.13. The number of amides is 1. The minimum Gasteiger partial charge on any atom is -0.336 e. The highest BCUT2D eigenvalue weighted by Crippen LogP contribution is 2.28. The summed E-state index contributed by atoms with van der Waals surface area (Å²) < 4.78 is 0. The smallest absolute Gasteiger partial charge is 0.273 e. The zero-order valence-electron chi connectivity index (χ0n) is 11.1. The molecule has 8 heteroatoms. The highest BCUT2D eigenvalue weighted by Gasteiger charge is 2.19.